The van der Waals surface area contributed by atoms with Crippen LogP contribution in [0.15, 0.2) is 11.8 Å². The van der Waals surface area contributed by atoms with E-state index in [0.717, 1.165) is 12.8 Å². The molecule has 0 aromatic carbocycles. The monoisotopic (exact) mass is 186 g/mol. The molecular weight excluding hydrogens is 168 g/mol. The third-order valence-electron chi connectivity index (χ3n) is 2.57. The smallest absolute Gasteiger partial charge is 0.133 e. The number of allylic oxidation sites excluding steroid dienone is 1. The molecule has 13 heavy (non-hydrogen) atoms. The van der Waals surface area contributed by atoms with Crippen LogP contribution >= 0.6 is 0 Å². The molecule has 3 nitrogen and oxygen atoms in total. The Bertz CT molecular complexity index is 171. The molecule has 0 heterocycles. The minimum Gasteiger partial charge on any atom is -0.510 e. The van der Waals surface area contributed by atoms with Crippen LogP contribution in [0.5, 0.6) is 0 Å². The molecular formula is C10H18O3. The molecule has 1 aliphatic carbocycles. The first kappa shape index (κ1) is 10.5. The summed E-state index contributed by atoms with van der Waals surface area (Å²) in [5, 5.41) is 27.0. The molecule has 0 aromatic heterocycles. The van der Waals surface area contributed by atoms with Gasteiger partial charge in [0.05, 0.1) is 6.61 Å². The Labute approximate surface area is 78.7 Å². The largest absolute Gasteiger partial charge is 0.510 e. The van der Waals surface area contributed by atoms with Crippen LogP contribution in [0.3, 0.4) is 0 Å². The lowest BCUT2D eigenvalue weighted by atomic mass is 9.88. The molecule has 1 aliphatic rings. The number of aliphatic hydroxyl groups is 3. The van der Waals surface area contributed by atoms with Gasteiger partial charge < -0.3 is 15.3 Å². The van der Waals surface area contributed by atoms with Crippen LogP contribution in [0.2, 0.25) is 0 Å². The van der Waals surface area contributed by atoms with Crippen molar-refractivity contribution in [2.24, 2.45) is 5.92 Å². The average molecular weight is 186 g/mol. The minimum atomic E-state index is -1.10. The molecule has 0 saturated heterocycles. The number of aliphatic hydroxyl groups excluding tert-OH is 3. The molecule has 1 saturated carbocycles. The van der Waals surface area contributed by atoms with E-state index < -0.39 is 12.7 Å². The summed E-state index contributed by atoms with van der Waals surface area (Å²) >= 11 is 0. The third kappa shape index (κ3) is 3.36. The Balaban J connectivity index is 2.42. The molecule has 3 heteroatoms. The molecule has 0 amide bonds. The van der Waals surface area contributed by atoms with E-state index in [-0.39, 0.29) is 5.76 Å². The Hall–Kier alpha value is -0.540. The lowest BCUT2D eigenvalue weighted by Crippen LogP contribution is -2.16. The van der Waals surface area contributed by atoms with E-state index in [9.17, 15) is 5.11 Å². The zero-order valence-electron chi connectivity index (χ0n) is 7.82. The number of rotatable bonds is 3. The number of hydrogen-bond acceptors (Lipinski definition) is 3. The van der Waals surface area contributed by atoms with Crippen molar-refractivity contribution in [1.29, 1.82) is 0 Å². The minimum absolute atomic E-state index is 0.0746. The second-order valence-electron chi connectivity index (χ2n) is 3.69. The highest BCUT2D eigenvalue weighted by Crippen LogP contribution is 2.25. The predicted octanol–water partition coefficient (Wildman–Crippen LogP) is 1.36. The van der Waals surface area contributed by atoms with E-state index in [1.54, 1.807) is 6.08 Å². The van der Waals surface area contributed by atoms with Crippen LogP contribution in [0.4, 0.5) is 0 Å². The van der Waals surface area contributed by atoms with Crippen LogP contribution in [0.1, 0.15) is 32.1 Å². The van der Waals surface area contributed by atoms with E-state index in [0.29, 0.717) is 5.92 Å². The van der Waals surface area contributed by atoms with Crippen LogP contribution in [-0.4, -0.2) is 28.0 Å². The van der Waals surface area contributed by atoms with E-state index in [1.807, 2.05) is 0 Å². The van der Waals surface area contributed by atoms with Gasteiger partial charge in [-0.1, -0.05) is 19.3 Å². The van der Waals surface area contributed by atoms with Crippen molar-refractivity contribution in [2.45, 2.75) is 38.2 Å². The SMILES string of the molecule is OCC(O)C(O)=CC1CCCCC1. The molecule has 1 fully saturated rings. The molecule has 76 valence electrons. The quantitative estimate of drug-likeness (QED) is 0.583. The van der Waals surface area contributed by atoms with Gasteiger partial charge in [-0.25, -0.2) is 0 Å². The summed E-state index contributed by atoms with van der Waals surface area (Å²) in [4.78, 5) is 0. The highest BCUT2D eigenvalue weighted by molar-refractivity contribution is 5.01. The van der Waals surface area contributed by atoms with Crippen molar-refractivity contribution in [1.82, 2.24) is 0 Å². The van der Waals surface area contributed by atoms with E-state index in [1.165, 1.54) is 19.3 Å². The Morgan fingerprint density at radius 3 is 2.46 bits per heavy atom. The van der Waals surface area contributed by atoms with Crippen molar-refractivity contribution in [2.75, 3.05) is 6.61 Å². The molecule has 0 bridgehead atoms. The molecule has 3 N–H and O–H groups in total. The topological polar surface area (TPSA) is 60.7 Å². The Morgan fingerprint density at radius 1 is 1.31 bits per heavy atom. The summed E-state index contributed by atoms with van der Waals surface area (Å²) in [6, 6.07) is 0. The van der Waals surface area contributed by atoms with Gasteiger partial charge in [-0.15, -0.1) is 0 Å². The van der Waals surface area contributed by atoms with Gasteiger partial charge in [0.25, 0.3) is 0 Å². The van der Waals surface area contributed by atoms with Crippen molar-refractivity contribution in [3.63, 3.8) is 0 Å². The van der Waals surface area contributed by atoms with Crippen molar-refractivity contribution < 1.29 is 15.3 Å². The summed E-state index contributed by atoms with van der Waals surface area (Å²) in [6.07, 6.45) is 6.44. The van der Waals surface area contributed by atoms with Crippen molar-refractivity contribution in [3.05, 3.63) is 11.8 Å². The normalized spacial score (nSPS) is 23.1. The van der Waals surface area contributed by atoms with Gasteiger partial charge in [-0.05, 0) is 24.8 Å². The van der Waals surface area contributed by atoms with Crippen LogP contribution in [0.25, 0.3) is 0 Å². The maximum absolute atomic E-state index is 9.32. The summed E-state index contributed by atoms with van der Waals surface area (Å²) in [7, 11) is 0. The van der Waals surface area contributed by atoms with Gasteiger partial charge in [0.2, 0.25) is 0 Å². The van der Waals surface area contributed by atoms with Gasteiger partial charge in [-0.2, -0.15) is 0 Å². The predicted molar refractivity (Wildman–Crippen MR) is 50.4 cm³/mol. The van der Waals surface area contributed by atoms with Gasteiger partial charge >= 0.3 is 0 Å². The molecule has 0 spiro atoms. The standard InChI is InChI=1S/C10H18O3/c11-7-10(13)9(12)6-8-4-2-1-3-5-8/h6,8,10-13H,1-5,7H2. The zero-order valence-corrected chi connectivity index (χ0v) is 7.82. The highest BCUT2D eigenvalue weighted by atomic mass is 16.3. The third-order valence-corrected chi connectivity index (χ3v) is 2.57. The van der Waals surface area contributed by atoms with Crippen LogP contribution in [0, 0.1) is 5.92 Å². The van der Waals surface area contributed by atoms with E-state index >= 15 is 0 Å². The molecule has 1 atom stereocenters. The zero-order chi connectivity index (χ0) is 9.68. The first-order valence-corrected chi connectivity index (χ1v) is 4.93. The maximum atomic E-state index is 9.32. The Morgan fingerprint density at radius 2 is 1.92 bits per heavy atom. The second kappa shape index (κ2) is 5.25. The summed E-state index contributed by atoms with van der Waals surface area (Å²) in [6.45, 7) is -0.408. The summed E-state index contributed by atoms with van der Waals surface area (Å²) < 4.78 is 0. The first-order chi connectivity index (χ1) is 6.24. The fourth-order valence-corrected chi connectivity index (χ4v) is 1.75. The molecule has 1 unspecified atom stereocenters. The van der Waals surface area contributed by atoms with Crippen LogP contribution in [-0.2, 0) is 0 Å². The molecule has 0 aromatic rings. The lowest BCUT2D eigenvalue weighted by molar-refractivity contribution is 0.0856. The summed E-state index contributed by atoms with van der Waals surface area (Å²) in [5.74, 6) is 0.310. The van der Waals surface area contributed by atoms with Crippen molar-refractivity contribution >= 4 is 0 Å². The molecule has 0 aliphatic heterocycles. The van der Waals surface area contributed by atoms with E-state index in [4.69, 9.17) is 10.2 Å². The summed E-state index contributed by atoms with van der Waals surface area (Å²) in [5.41, 5.74) is 0. The number of hydrogen-bond donors (Lipinski definition) is 3. The van der Waals surface area contributed by atoms with Gasteiger partial charge in [0.15, 0.2) is 0 Å². The van der Waals surface area contributed by atoms with Gasteiger partial charge in [-0.3, -0.25) is 0 Å². The van der Waals surface area contributed by atoms with Gasteiger partial charge in [0, 0.05) is 0 Å². The molecule has 1 rings (SSSR count). The first-order valence-electron chi connectivity index (χ1n) is 4.93. The van der Waals surface area contributed by atoms with Crippen molar-refractivity contribution in [3.8, 4) is 0 Å². The van der Waals surface area contributed by atoms with E-state index in [2.05, 4.69) is 0 Å². The van der Waals surface area contributed by atoms with Gasteiger partial charge in [0.1, 0.15) is 11.9 Å². The second-order valence-corrected chi connectivity index (χ2v) is 3.69. The Kier molecular flexibility index (Phi) is 4.25. The molecule has 0 radical (unpaired) electrons. The fourth-order valence-electron chi connectivity index (χ4n) is 1.75. The lowest BCUT2D eigenvalue weighted by Gasteiger charge is -2.19. The highest BCUT2D eigenvalue weighted by Gasteiger charge is 2.14. The average Bonchev–Trinajstić information content (AvgIpc) is 2.18. The maximum Gasteiger partial charge on any atom is 0.133 e. The fraction of sp³-hybridized carbons (Fsp3) is 0.800. The van der Waals surface area contributed by atoms with Crippen LogP contribution < -0.4 is 0 Å².